The molecule has 0 spiro atoms. The number of thioether (sulfide) groups is 1. The minimum absolute atomic E-state index is 0.170. The van der Waals surface area contributed by atoms with Crippen LogP contribution in [-0.2, 0) is 4.79 Å². The number of anilines is 1. The maximum absolute atomic E-state index is 12.0. The SMILES string of the molecule is CCN(CC)C(=O)CSc1cc(N2CCCCC2)ncn1. The number of carbonyl (C=O) groups excluding carboxylic acids is 1. The molecule has 6 heteroatoms. The lowest BCUT2D eigenvalue weighted by Crippen LogP contribution is -2.32. The van der Waals surface area contributed by atoms with E-state index in [4.69, 9.17) is 0 Å². The predicted octanol–water partition coefficient (Wildman–Crippen LogP) is 2.43. The summed E-state index contributed by atoms with van der Waals surface area (Å²) in [6, 6.07) is 2.01. The second kappa shape index (κ2) is 8.22. The second-order valence-electron chi connectivity index (χ2n) is 5.12. The third kappa shape index (κ3) is 4.59. The Morgan fingerprint density at radius 3 is 2.62 bits per heavy atom. The molecule has 2 heterocycles. The number of hydrogen-bond donors (Lipinski definition) is 0. The van der Waals surface area contributed by atoms with Crippen molar-refractivity contribution in [2.24, 2.45) is 0 Å². The molecule has 1 aromatic rings. The Morgan fingerprint density at radius 1 is 1.24 bits per heavy atom. The number of aromatic nitrogens is 2. The highest BCUT2D eigenvalue weighted by Crippen LogP contribution is 2.22. The van der Waals surface area contributed by atoms with Crippen LogP contribution in [0.5, 0.6) is 0 Å². The molecule has 0 bridgehead atoms. The van der Waals surface area contributed by atoms with Gasteiger partial charge >= 0.3 is 0 Å². The lowest BCUT2D eigenvalue weighted by Gasteiger charge is -2.27. The molecule has 1 aliphatic rings. The second-order valence-corrected chi connectivity index (χ2v) is 6.11. The minimum Gasteiger partial charge on any atom is -0.356 e. The van der Waals surface area contributed by atoms with E-state index in [-0.39, 0.29) is 5.91 Å². The van der Waals surface area contributed by atoms with Gasteiger partial charge < -0.3 is 9.80 Å². The molecule has 21 heavy (non-hydrogen) atoms. The van der Waals surface area contributed by atoms with E-state index in [9.17, 15) is 4.79 Å². The molecule has 0 atom stereocenters. The molecule has 0 aliphatic carbocycles. The van der Waals surface area contributed by atoms with Crippen LogP contribution in [0.15, 0.2) is 17.4 Å². The summed E-state index contributed by atoms with van der Waals surface area (Å²) in [5, 5.41) is 0.881. The van der Waals surface area contributed by atoms with Gasteiger partial charge in [0.1, 0.15) is 17.2 Å². The molecule has 1 aliphatic heterocycles. The monoisotopic (exact) mass is 308 g/mol. The van der Waals surface area contributed by atoms with Crippen molar-refractivity contribution in [3.63, 3.8) is 0 Å². The number of piperidine rings is 1. The molecule has 0 saturated carbocycles. The number of nitrogens with zero attached hydrogens (tertiary/aromatic N) is 4. The average Bonchev–Trinajstić information content (AvgIpc) is 2.55. The van der Waals surface area contributed by atoms with Gasteiger partial charge in [0.2, 0.25) is 5.91 Å². The summed E-state index contributed by atoms with van der Waals surface area (Å²) < 4.78 is 0. The van der Waals surface area contributed by atoms with E-state index < -0.39 is 0 Å². The van der Waals surface area contributed by atoms with Gasteiger partial charge in [0.25, 0.3) is 0 Å². The van der Waals surface area contributed by atoms with Gasteiger partial charge in [0.05, 0.1) is 5.75 Å². The fourth-order valence-electron chi connectivity index (χ4n) is 2.51. The van der Waals surface area contributed by atoms with Gasteiger partial charge in [-0.1, -0.05) is 11.8 Å². The first-order valence-corrected chi connectivity index (χ1v) is 8.70. The van der Waals surface area contributed by atoms with E-state index in [1.807, 2.05) is 24.8 Å². The van der Waals surface area contributed by atoms with Crippen molar-refractivity contribution in [3.05, 3.63) is 12.4 Å². The highest BCUT2D eigenvalue weighted by atomic mass is 32.2. The van der Waals surface area contributed by atoms with Crippen molar-refractivity contribution >= 4 is 23.5 Å². The minimum atomic E-state index is 0.170. The van der Waals surface area contributed by atoms with Crippen LogP contribution in [0.1, 0.15) is 33.1 Å². The van der Waals surface area contributed by atoms with Crippen LogP contribution >= 0.6 is 11.8 Å². The van der Waals surface area contributed by atoms with Crippen LogP contribution in [0.25, 0.3) is 0 Å². The molecule has 0 unspecified atom stereocenters. The zero-order chi connectivity index (χ0) is 15.1. The molecule has 0 aromatic carbocycles. The fraction of sp³-hybridized carbons (Fsp3) is 0.667. The molecule has 2 rings (SSSR count). The fourth-order valence-corrected chi connectivity index (χ4v) is 3.27. The Balaban J connectivity index is 1.93. The van der Waals surface area contributed by atoms with Crippen molar-refractivity contribution in [2.75, 3.05) is 36.8 Å². The van der Waals surface area contributed by atoms with Gasteiger partial charge in [-0.05, 0) is 33.1 Å². The molecular weight excluding hydrogens is 284 g/mol. The van der Waals surface area contributed by atoms with Crippen molar-refractivity contribution in [1.29, 1.82) is 0 Å². The summed E-state index contributed by atoms with van der Waals surface area (Å²) in [6.07, 6.45) is 5.37. The van der Waals surface area contributed by atoms with Crippen LogP contribution < -0.4 is 4.90 Å². The van der Waals surface area contributed by atoms with Crippen molar-refractivity contribution in [3.8, 4) is 0 Å². The summed E-state index contributed by atoms with van der Waals surface area (Å²) in [5.41, 5.74) is 0. The highest BCUT2D eigenvalue weighted by molar-refractivity contribution is 7.99. The summed E-state index contributed by atoms with van der Waals surface area (Å²) in [4.78, 5) is 24.8. The van der Waals surface area contributed by atoms with Crippen LogP contribution in [-0.4, -0.2) is 52.7 Å². The number of rotatable bonds is 6. The molecule has 0 N–H and O–H groups in total. The standard InChI is InChI=1S/C15H24N4OS/c1-3-18(4-2)15(20)11-21-14-10-13(16-12-17-14)19-8-6-5-7-9-19/h10,12H,3-9,11H2,1-2H3. The molecule has 116 valence electrons. The van der Waals surface area contributed by atoms with E-state index in [0.29, 0.717) is 5.75 Å². The first kappa shape index (κ1) is 16.1. The molecule has 0 radical (unpaired) electrons. The van der Waals surface area contributed by atoms with Gasteiger partial charge in [0.15, 0.2) is 0 Å². The van der Waals surface area contributed by atoms with Crippen LogP contribution in [0.4, 0.5) is 5.82 Å². The largest absolute Gasteiger partial charge is 0.356 e. The summed E-state index contributed by atoms with van der Waals surface area (Å²) in [7, 11) is 0. The summed E-state index contributed by atoms with van der Waals surface area (Å²) >= 11 is 1.50. The topological polar surface area (TPSA) is 49.3 Å². The van der Waals surface area contributed by atoms with Gasteiger partial charge in [-0.3, -0.25) is 4.79 Å². The van der Waals surface area contributed by atoms with Crippen LogP contribution in [0.2, 0.25) is 0 Å². The van der Waals surface area contributed by atoms with Crippen molar-refractivity contribution in [2.45, 2.75) is 38.1 Å². The summed E-state index contributed by atoms with van der Waals surface area (Å²) in [6.45, 7) is 7.67. The van der Waals surface area contributed by atoms with Crippen molar-refractivity contribution in [1.82, 2.24) is 14.9 Å². The highest BCUT2D eigenvalue weighted by Gasteiger charge is 2.14. The van der Waals surface area contributed by atoms with Gasteiger partial charge in [-0.15, -0.1) is 0 Å². The Hall–Kier alpha value is -1.30. The lowest BCUT2D eigenvalue weighted by atomic mass is 10.1. The maximum Gasteiger partial charge on any atom is 0.232 e. The first-order valence-electron chi connectivity index (χ1n) is 7.72. The quantitative estimate of drug-likeness (QED) is 0.597. The van der Waals surface area contributed by atoms with Gasteiger partial charge in [-0.25, -0.2) is 9.97 Å². The predicted molar refractivity (Wildman–Crippen MR) is 86.7 cm³/mol. The van der Waals surface area contributed by atoms with E-state index in [0.717, 1.165) is 37.0 Å². The lowest BCUT2D eigenvalue weighted by molar-refractivity contribution is -0.127. The van der Waals surface area contributed by atoms with Gasteiger partial charge in [-0.2, -0.15) is 0 Å². The maximum atomic E-state index is 12.0. The van der Waals surface area contributed by atoms with Gasteiger partial charge in [0, 0.05) is 32.2 Å². The zero-order valence-electron chi connectivity index (χ0n) is 12.9. The van der Waals surface area contributed by atoms with Crippen molar-refractivity contribution < 1.29 is 4.79 Å². The first-order chi connectivity index (χ1) is 10.2. The smallest absolute Gasteiger partial charge is 0.232 e. The Morgan fingerprint density at radius 2 is 1.95 bits per heavy atom. The molecule has 1 amide bonds. The molecular formula is C15H24N4OS. The number of amides is 1. The Kier molecular flexibility index (Phi) is 6.29. The Labute approximate surface area is 131 Å². The normalized spacial score (nSPS) is 15.0. The van der Waals surface area contributed by atoms with E-state index >= 15 is 0 Å². The summed E-state index contributed by atoms with van der Waals surface area (Å²) in [5.74, 6) is 1.60. The Bertz CT molecular complexity index is 459. The van der Waals surface area contributed by atoms with Crippen LogP contribution in [0.3, 0.4) is 0 Å². The van der Waals surface area contributed by atoms with Crippen LogP contribution in [0, 0.1) is 0 Å². The molecule has 1 saturated heterocycles. The van der Waals surface area contributed by atoms with E-state index in [1.54, 1.807) is 6.33 Å². The number of carbonyl (C=O) groups is 1. The third-order valence-corrected chi connectivity index (χ3v) is 4.68. The third-order valence-electron chi connectivity index (χ3n) is 3.77. The number of hydrogen-bond acceptors (Lipinski definition) is 5. The zero-order valence-corrected chi connectivity index (χ0v) is 13.7. The van der Waals surface area contributed by atoms with E-state index in [2.05, 4.69) is 14.9 Å². The average molecular weight is 308 g/mol. The van der Waals surface area contributed by atoms with E-state index in [1.165, 1.54) is 31.0 Å². The molecule has 1 fully saturated rings. The molecule has 1 aromatic heterocycles. The molecule has 5 nitrogen and oxygen atoms in total.